The van der Waals surface area contributed by atoms with Crippen LogP contribution < -0.4 is 16.0 Å². The summed E-state index contributed by atoms with van der Waals surface area (Å²) in [5.74, 6) is -2.60. The zero-order valence-corrected chi connectivity index (χ0v) is 17.3. The van der Waals surface area contributed by atoms with Gasteiger partial charge in [0.2, 0.25) is 0 Å². The summed E-state index contributed by atoms with van der Waals surface area (Å²) < 4.78 is 0.808. The Morgan fingerprint density at radius 1 is 1.04 bits per heavy atom. The minimum Gasteiger partial charge on any atom is -0.481 e. The van der Waals surface area contributed by atoms with E-state index < -0.39 is 24.0 Å². The van der Waals surface area contributed by atoms with Gasteiger partial charge in [-0.1, -0.05) is 0 Å². The van der Waals surface area contributed by atoms with E-state index >= 15 is 0 Å². The number of amides is 3. The SMILES string of the molecule is O=C(O)CCC(NC(=O)NCCCCCNC(=O)c1ccc([125I])nc1)C(=O)O. The Morgan fingerprint density at radius 2 is 1.71 bits per heavy atom. The zero-order valence-electron chi connectivity index (χ0n) is 15.1. The van der Waals surface area contributed by atoms with E-state index in [4.69, 9.17) is 10.2 Å². The maximum atomic E-state index is 11.9. The van der Waals surface area contributed by atoms with Crippen LogP contribution in [0.4, 0.5) is 4.79 Å². The summed E-state index contributed by atoms with van der Waals surface area (Å²) in [6.45, 7) is 0.833. The van der Waals surface area contributed by atoms with Gasteiger partial charge in [-0.05, 0) is 60.4 Å². The second kappa shape index (κ2) is 12.9. The van der Waals surface area contributed by atoms with Crippen LogP contribution in [0.3, 0.4) is 0 Å². The Hall–Kier alpha value is -2.44. The molecule has 1 atom stereocenters. The molecule has 0 spiro atoms. The molecule has 1 rings (SSSR count). The summed E-state index contributed by atoms with van der Waals surface area (Å²) in [6.07, 6.45) is 3.12. The molecule has 0 saturated heterocycles. The molecule has 0 aliphatic carbocycles. The van der Waals surface area contributed by atoms with Crippen molar-refractivity contribution in [3.8, 4) is 0 Å². The summed E-state index contributed by atoms with van der Waals surface area (Å²) in [5.41, 5.74) is 0.495. The fraction of sp³-hybridized carbons (Fsp3) is 0.471. The van der Waals surface area contributed by atoms with Crippen LogP contribution in [0.5, 0.6) is 0 Å². The molecule has 1 aromatic heterocycles. The molecule has 5 N–H and O–H groups in total. The number of carboxylic acid groups (broad SMARTS) is 2. The molecule has 11 heteroatoms. The van der Waals surface area contributed by atoms with Crippen molar-refractivity contribution in [2.24, 2.45) is 0 Å². The molecule has 0 bridgehead atoms. The molecule has 0 radical (unpaired) electrons. The smallest absolute Gasteiger partial charge is 0.326 e. The zero-order chi connectivity index (χ0) is 20.9. The quantitative estimate of drug-likeness (QED) is 0.163. The Labute approximate surface area is 175 Å². The molecule has 154 valence electrons. The third-order valence-electron chi connectivity index (χ3n) is 3.66. The van der Waals surface area contributed by atoms with Gasteiger partial charge in [0.25, 0.3) is 5.91 Å². The standard InChI is InChI=1S/C17H23IN4O6/c18-13-6-4-11(10-21-13)15(25)19-8-2-1-3-9-20-17(28)22-12(16(26)27)5-7-14(23)24/h4,6,10,12H,1-3,5,7-9H2,(H,19,25)(H,23,24)(H,26,27)(H2,20,22,28)/i18-2. The van der Waals surface area contributed by atoms with E-state index in [0.29, 0.717) is 25.1 Å². The summed E-state index contributed by atoms with van der Waals surface area (Å²) in [6, 6.07) is 1.55. The number of urea groups is 1. The van der Waals surface area contributed by atoms with Crippen LogP contribution in [0.1, 0.15) is 42.5 Å². The van der Waals surface area contributed by atoms with Gasteiger partial charge in [0.1, 0.15) is 9.74 Å². The number of pyridine rings is 1. The van der Waals surface area contributed by atoms with Crippen molar-refractivity contribution >= 4 is 46.5 Å². The van der Waals surface area contributed by atoms with E-state index in [9.17, 15) is 19.2 Å². The number of carbonyl (C=O) groups is 4. The van der Waals surface area contributed by atoms with E-state index in [0.717, 1.165) is 16.5 Å². The average Bonchev–Trinajstić information content (AvgIpc) is 2.64. The monoisotopic (exact) mass is 504 g/mol. The van der Waals surface area contributed by atoms with Crippen molar-refractivity contribution in [2.45, 2.75) is 38.1 Å². The number of carboxylic acids is 2. The molecule has 0 aliphatic heterocycles. The third kappa shape index (κ3) is 10.0. The van der Waals surface area contributed by atoms with Crippen LogP contribution in [0.25, 0.3) is 0 Å². The largest absolute Gasteiger partial charge is 0.481 e. The third-order valence-corrected chi connectivity index (χ3v) is 4.30. The molecular formula is C17H23IN4O6. The number of hydrogen-bond acceptors (Lipinski definition) is 5. The topological polar surface area (TPSA) is 158 Å². The van der Waals surface area contributed by atoms with Crippen LogP contribution in [-0.2, 0) is 9.59 Å². The maximum Gasteiger partial charge on any atom is 0.326 e. The van der Waals surface area contributed by atoms with Gasteiger partial charge < -0.3 is 26.2 Å². The molecule has 10 nitrogen and oxygen atoms in total. The van der Waals surface area contributed by atoms with Gasteiger partial charge in [0.05, 0.1) is 5.56 Å². The first-order valence-corrected chi connectivity index (χ1v) is 9.76. The van der Waals surface area contributed by atoms with Gasteiger partial charge in [-0.3, -0.25) is 9.59 Å². The van der Waals surface area contributed by atoms with E-state index in [1.807, 2.05) is 0 Å². The molecule has 3 amide bonds. The minimum atomic E-state index is -1.28. The first-order valence-electron chi connectivity index (χ1n) is 8.68. The molecular weight excluding hydrogens is 481 g/mol. The highest BCUT2D eigenvalue weighted by Crippen LogP contribution is 2.03. The fourth-order valence-corrected chi connectivity index (χ4v) is 2.50. The number of carbonyl (C=O) groups excluding carboxylic acids is 2. The van der Waals surface area contributed by atoms with Crippen molar-refractivity contribution in [1.82, 2.24) is 20.9 Å². The van der Waals surface area contributed by atoms with Gasteiger partial charge in [0, 0.05) is 25.7 Å². The summed E-state index contributed by atoms with van der Waals surface area (Å²) >= 11 is 2.06. The lowest BCUT2D eigenvalue weighted by Crippen LogP contribution is -2.46. The number of halogens is 1. The molecule has 0 aromatic carbocycles. The second-order valence-corrected chi connectivity index (χ2v) is 7.01. The predicted octanol–water partition coefficient (Wildman–Crippen LogP) is 1.20. The van der Waals surface area contributed by atoms with Crippen LogP contribution in [0.2, 0.25) is 0 Å². The van der Waals surface area contributed by atoms with Gasteiger partial charge in [-0.25, -0.2) is 14.6 Å². The van der Waals surface area contributed by atoms with Crippen molar-refractivity contribution in [3.05, 3.63) is 27.6 Å². The average molecular weight is 504 g/mol. The van der Waals surface area contributed by atoms with E-state index in [-0.39, 0.29) is 18.7 Å². The van der Waals surface area contributed by atoms with Gasteiger partial charge in [-0.2, -0.15) is 0 Å². The van der Waals surface area contributed by atoms with Crippen LogP contribution in [-0.4, -0.2) is 58.2 Å². The molecule has 28 heavy (non-hydrogen) atoms. The first-order chi connectivity index (χ1) is 13.3. The Morgan fingerprint density at radius 3 is 2.29 bits per heavy atom. The van der Waals surface area contributed by atoms with Crippen LogP contribution in [0, 0.1) is 3.70 Å². The molecule has 0 aliphatic rings. The van der Waals surface area contributed by atoms with Crippen molar-refractivity contribution in [3.63, 3.8) is 0 Å². The molecule has 1 aromatic rings. The van der Waals surface area contributed by atoms with Gasteiger partial charge in [0.15, 0.2) is 0 Å². The van der Waals surface area contributed by atoms with E-state index in [1.165, 1.54) is 6.20 Å². The van der Waals surface area contributed by atoms with Crippen molar-refractivity contribution < 1.29 is 29.4 Å². The Balaban J connectivity index is 2.13. The van der Waals surface area contributed by atoms with Gasteiger partial charge in [-0.15, -0.1) is 0 Å². The van der Waals surface area contributed by atoms with E-state index in [2.05, 4.69) is 43.5 Å². The van der Waals surface area contributed by atoms with Crippen molar-refractivity contribution in [1.29, 1.82) is 0 Å². The second-order valence-electron chi connectivity index (χ2n) is 5.91. The summed E-state index contributed by atoms with van der Waals surface area (Å²) in [5, 5.41) is 25.1. The lowest BCUT2D eigenvalue weighted by atomic mass is 10.1. The lowest BCUT2D eigenvalue weighted by molar-refractivity contribution is -0.140. The summed E-state index contributed by atoms with van der Waals surface area (Å²) in [7, 11) is 0. The number of hydrogen-bond donors (Lipinski definition) is 5. The van der Waals surface area contributed by atoms with E-state index in [1.54, 1.807) is 12.1 Å². The number of unbranched alkanes of at least 4 members (excludes halogenated alkanes) is 2. The Kier molecular flexibility index (Phi) is 10.8. The molecule has 0 saturated carbocycles. The lowest BCUT2D eigenvalue weighted by Gasteiger charge is -2.14. The fourth-order valence-electron chi connectivity index (χ4n) is 2.18. The summed E-state index contributed by atoms with van der Waals surface area (Å²) in [4.78, 5) is 49.1. The predicted molar refractivity (Wildman–Crippen MR) is 108 cm³/mol. The number of nitrogens with one attached hydrogen (secondary N) is 3. The number of nitrogens with zero attached hydrogens (tertiary/aromatic N) is 1. The number of aromatic nitrogens is 1. The molecule has 1 heterocycles. The number of rotatable bonds is 12. The highest BCUT2D eigenvalue weighted by Gasteiger charge is 2.20. The normalized spacial score (nSPS) is 11.3. The molecule has 0 fully saturated rings. The van der Waals surface area contributed by atoms with Gasteiger partial charge >= 0.3 is 18.0 Å². The van der Waals surface area contributed by atoms with Crippen molar-refractivity contribution in [2.75, 3.05) is 13.1 Å². The minimum absolute atomic E-state index is 0.187. The highest BCUT2D eigenvalue weighted by atomic mass is 125. The first kappa shape index (κ1) is 23.6. The van der Waals surface area contributed by atoms with Crippen LogP contribution >= 0.6 is 22.6 Å². The highest BCUT2D eigenvalue weighted by molar-refractivity contribution is 14.1. The Bertz CT molecular complexity index is 683. The molecule has 1 unspecified atom stereocenters. The maximum absolute atomic E-state index is 11.9. The van der Waals surface area contributed by atoms with Crippen LogP contribution in [0.15, 0.2) is 18.3 Å². The number of aliphatic carboxylic acids is 2.